The molecule has 12 nitrogen and oxygen atoms in total. The first-order chi connectivity index (χ1) is 18.9. The van der Waals surface area contributed by atoms with Crippen molar-refractivity contribution in [1.29, 1.82) is 5.26 Å². The zero-order valence-electron chi connectivity index (χ0n) is 21.0. The van der Waals surface area contributed by atoms with Crippen LogP contribution in [0.2, 0.25) is 0 Å². The molecule has 2 atom stereocenters. The molecular formula is C26H24FN7O5. The van der Waals surface area contributed by atoms with Gasteiger partial charge >= 0.3 is 6.09 Å². The number of anilines is 1. The van der Waals surface area contributed by atoms with Crippen molar-refractivity contribution >= 4 is 17.4 Å². The Morgan fingerprint density at radius 3 is 2.74 bits per heavy atom. The van der Waals surface area contributed by atoms with Crippen molar-refractivity contribution in [1.82, 2.24) is 24.9 Å². The number of nitrogens with zero attached hydrogens (tertiary/aromatic N) is 6. The van der Waals surface area contributed by atoms with Crippen molar-refractivity contribution < 1.29 is 28.5 Å². The third kappa shape index (κ3) is 5.17. The predicted molar refractivity (Wildman–Crippen MR) is 137 cm³/mol. The van der Waals surface area contributed by atoms with Crippen LogP contribution in [0.4, 0.5) is 15.0 Å². The van der Waals surface area contributed by atoms with Crippen LogP contribution in [0, 0.1) is 17.1 Å². The number of nitriles is 1. The molecule has 0 aliphatic carbocycles. The van der Waals surface area contributed by atoms with Crippen LogP contribution < -0.4 is 24.4 Å². The predicted octanol–water partition coefficient (Wildman–Crippen LogP) is 3.11. The molecule has 0 spiro atoms. The van der Waals surface area contributed by atoms with Crippen molar-refractivity contribution in [2.45, 2.75) is 19.1 Å². The van der Waals surface area contributed by atoms with Gasteiger partial charge in [-0.15, -0.1) is 0 Å². The van der Waals surface area contributed by atoms with Crippen LogP contribution >= 0.6 is 0 Å². The fourth-order valence-corrected chi connectivity index (χ4v) is 4.55. The summed E-state index contributed by atoms with van der Waals surface area (Å²) in [7, 11) is 1.31. The Bertz CT molecular complexity index is 1550. The molecule has 4 aromatic rings. The molecule has 0 unspecified atom stereocenters. The summed E-state index contributed by atoms with van der Waals surface area (Å²) in [4.78, 5) is 21.8. The van der Waals surface area contributed by atoms with E-state index in [4.69, 9.17) is 14.2 Å². The smallest absolute Gasteiger partial charge is 0.405 e. The van der Waals surface area contributed by atoms with E-state index in [1.54, 1.807) is 23.0 Å². The molecule has 2 N–H and O–H groups in total. The number of fused-ring (bicyclic) bond motifs is 1. The lowest BCUT2D eigenvalue weighted by Gasteiger charge is -2.19. The van der Waals surface area contributed by atoms with E-state index < -0.39 is 24.1 Å². The average molecular weight is 534 g/mol. The van der Waals surface area contributed by atoms with Gasteiger partial charge in [0.1, 0.15) is 29.5 Å². The van der Waals surface area contributed by atoms with E-state index in [-0.39, 0.29) is 24.7 Å². The monoisotopic (exact) mass is 533 g/mol. The quantitative estimate of drug-likeness (QED) is 0.346. The van der Waals surface area contributed by atoms with Gasteiger partial charge in [0.2, 0.25) is 5.88 Å². The second-order valence-corrected chi connectivity index (χ2v) is 8.67. The van der Waals surface area contributed by atoms with E-state index in [0.29, 0.717) is 29.3 Å². The van der Waals surface area contributed by atoms with E-state index in [1.165, 1.54) is 19.5 Å². The Hall–Kier alpha value is -5.12. The number of carboxylic acid groups (broad SMARTS) is 1. The molecule has 13 heteroatoms. The number of carbonyl (C=O) groups is 1. The molecule has 1 aliphatic rings. The maximum Gasteiger partial charge on any atom is 0.405 e. The Labute approximate surface area is 222 Å². The number of pyridine rings is 3. The summed E-state index contributed by atoms with van der Waals surface area (Å²) in [6.07, 6.45) is 4.37. The summed E-state index contributed by atoms with van der Waals surface area (Å²) in [6, 6.07) is 8.20. The molecule has 0 saturated carbocycles. The molecule has 1 saturated heterocycles. The highest BCUT2D eigenvalue weighted by molar-refractivity contribution is 5.85. The van der Waals surface area contributed by atoms with Gasteiger partial charge in [-0.3, -0.25) is 0 Å². The molecular weight excluding hydrogens is 509 g/mol. The molecule has 0 aromatic carbocycles. The highest BCUT2D eigenvalue weighted by atomic mass is 19.1. The highest BCUT2D eigenvalue weighted by Gasteiger charge is 2.36. The van der Waals surface area contributed by atoms with Crippen LogP contribution in [0.25, 0.3) is 16.6 Å². The Balaban J connectivity index is 1.41. The lowest BCUT2D eigenvalue weighted by atomic mass is 10.1. The SMILES string of the molecule is CCOc1cc(-c2ccc(N3C[C@@H](NC(=O)O)[C@H](Oc4cnc(OC)c(F)c4)C3)nc2)c2c(C#N)cnn2c1. The molecule has 200 valence electrons. The molecule has 39 heavy (non-hydrogen) atoms. The van der Waals surface area contributed by atoms with Gasteiger partial charge in [0.05, 0.1) is 56.0 Å². The summed E-state index contributed by atoms with van der Waals surface area (Å²) in [5.74, 6) is 0.482. The van der Waals surface area contributed by atoms with Crippen molar-refractivity contribution in [3.8, 4) is 34.6 Å². The molecule has 1 fully saturated rings. The van der Waals surface area contributed by atoms with Crippen LogP contribution in [0.3, 0.4) is 0 Å². The standard InChI is InChI=1S/C26H24FN7O5/c1-3-38-18-6-19(24-16(8-28)10-31-34(24)12-18)15-4-5-23(29-9-15)33-13-21(32-26(35)36)22(14-33)39-17-7-20(27)25(37-2)30-11-17/h4-7,9-12,21-22,32H,3,13-14H2,1-2H3,(H,35,36)/t21-,22-/m1/s1. The minimum atomic E-state index is -1.20. The molecule has 5 rings (SSSR count). The number of hydrogen-bond acceptors (Lipinski definition) is 9. The van der Waals surface area contributed by atoms with E-state index >= 15 is 0 Å². The van der Waals surface area contributed by atoms with Gasteiger partial charge in [-0.2, -0.15) is 10.4 Å². The third-order valence-electron chi connectivity index (χ3n) is 6.24. The fraction of sp³-hybridized carbons (Fsp3) is 0.269. The average Bonchev–Trinajstić information content (AvgIpc) is 3.52. The number of ether oxygens (including phenoxy) is 3. The number of aromatic nitrogens is 4. The number of nitrogens with one attached hydrogen (secondary N) is 1. The lowest BCUT2D eigenvalue weighted by molar-refractivity contribution is 0.162. The molecule has 1 amide bonds. The van der Waals surface area contributed by atoms with Crippen LogP contribution in [0.1, 0.15) is 12.5 Å². The molecule has 4 aromatic heterocycles. The van der Waals surface area contributed by atoms with Gasteiger partial charge in [0, 0.05) is 29.9 Å². The topological polar surface area (TPSA) is 147 Å². The van der Waals surface area contributed by atoms with Gasteiger partial charge in [0.15, 0.2) is 5.82 Å². The Morgan fingerprint density at radius 1 is 1.23 bits per heavy atom. The molecule has 0 radical (unpaired) electrons. The molecule has 1 aliphatic heterocycles. The first-order valence-electron chi connectivity index (χ1n) is 12.0. The normalized spacial score (nSPS) is 16.6. The lowest BCUT2D eigenvalue weighted by Crippen LogP contribution is -2.44. The van der Waals surface area contributed by atoms with Crippen molar-refractivity contribution in [2.75, 3.05) is 31.7 Å². The summed E-state index contributed by atoms with van der Waals surface area (Å²) >= 11 is 0. The van der Waals surface area contributed by atoms with Crippen LogP contribution in [-0.4, -0.2) is 69.7 Å². The summed E-state index contributed by atoms with van der Waals surface area (Å²) in [6.45, 7) is 2.92. The van der Waals surface area contributed by atoms with Crippen molar-refractivity contribution in [2.24, 2.45) is 0 Å². The van der Waals surface area contributed by atoms with E-state index in [0.717, 1.165) is 17.2 Å². The van der Waals surface area contributed by atoms with E-state index in [9.17, 15) is 19.6 Å². The fourth-order valence-electron chi connectivity index (χ4n) is 4.55. The number of halogens is 1. The Morgan fingerprint density at radius 2 is 2.08 bits per heavy atom. The minimum Gasteiger partial charge on any atom is -0.492 e. The van der Waals surface area contributed by atoms with E-state index in [2.05, 4.69) is 26.5 Å². The Kier molecular flexibility index (Phi) is 7.00. The van der Waals surface area contributed by atoms with Crippen LogP contribution in [0.15, 0.2) is 49.1 Å². The first kappa shape index (κ1) is 25.5. The van der Waals surface area contributed by atoms with Crippen molar-refractivity contribution in [3.63, 3.8) is 0 Å². The van der Waals surface area contributed by atoms with Gasteiger partial charge < -0.3 is 29.5 Å². The summed E-state index contributed by atoms with van der Waals surface area (Å²) < 4.78 is 32.1. The second kappa shape index (κ2) is 10.7. The number of amides is 1. The van der Waals surface area contributed by atoms with Crippen molar-refractivity contribution in [3.05, 3.63) is 60.4 Å². The second-order valence-electron chi connectivity index (χ2n) is 8.67. The third-order valence-corrected chi connectivity index (χ3v) is 6.24. The zero-order chi connectivity index (χ0) is 27.5. The van der Waals surface area contributed by atoms with Crippen LogP contribution in [0.5, 0.6) is 17.4 Å². The molecule has 5 heterocycles. The maximum absolute atomic E-state index is 14.1. The van der Waals surface area contributed by atoms with Gasteiger partial charge in [-0.25, -0.2) is 23.7 Å². The van der Waals surface area contributed by atoms with E-state index in [1.807, 2.05) is 24.0 Å². The minimum absolute atomic E-state index is 0.146. The van der Waals surface area contributed by atoms with Crippen LogP contribution in [-0.2, 0) is 0 Å². The number of hydrogen-bond donors (Lipinski definition) is 2. The van der Waals surface area contributed by atoms with Gasteiger partial charge in [0.25, 0.3) is 0 Å². The number of methoxy groups -OCH3 is 1. The summed E-state index contributed by atoms with van der Waals surface area (Å²) in [5.41, 5.74) is 2.53. The first-order valence-corrected chi connectivity index (χ1v) is 12.0. The van der Waals surface area contributed by atoms with Gasteiger partial charge in [-0.1, -0.05) is 0 Å². The molecule has 0 bridgehead atoms. The zero-order valence-corrected chi connectivity index (χ0v) is 21.0. The summed E-state index contributed by atoms with van der Waals surface area (Å²) in [5, 5.41) is 25.6. The van der Waals surface area contributed by atoms with Gasteiger partial charge in [-0.05, 0) is 25.1 Å². The largest absolute Gasteiger partial charge is 0.492 e. The maximum atomic E-state index is 14.1. The number of rotatable bonds is 8. The highest BCUT2D eigenvalue weighted by Crippen LogP contribution is 2.32.